The molecule has 0 aliphatic rings. The fraction of sp³-hybridized carbons (Fsp3) is 0.267. The number of para-hydroxylation sites is 1. The maximum atomic E-state index is 12.0. The Hall–Kier alpha value is -2.34. The van der Waals surface area contributed by atoms with Crippen LogP contribution in [0.3, 0.4) is 0 Å². The highest BCUT2D eigenvalue weighted by Gasteiger charge is 2.14. The van der Waals surface area contributed by atoms with E-state index in [0.717, 1.165) is 0 Å². The van der Waals surface area contributed by atoms with Crippen molar-refractivity contribution in [3.8, 4) is 0 Å². The molecule has 0 atom stereocenters. The highest BCUT2D eigenvalue weighted by Crippen LogP contribution is 2.21. The minimum atomic E-state index is -0.950. The van der Waals surface area contributed by atoms with Gasteiger partial charge in [0.25, 0.3) is 0 Å². The van der Waals surface area contributed by atoms with Crippen LogP contribution in [0.1, 0.15) is 23.2 Å². The second-order valence-electron chi connectivity index (χ2n) is 4.80. The van der Waals surface area contributed by atoms with E-state index >= 15 is 0 Å². The first-order valence-electron chi connectivity index (χ1n) is 6.67. The van der Waals surface area contributed by atoms with Crippen molar-refractivity contribution < 1.29 is 19.2 Å². The molecule has 1 heterocycles. The summed E-state index contributed by atoms with van der Waals surface area (Å²) >= 11 is 5.85. The quantitative estimate of drug-likeness (QED) is 0.853. The molecular formula is C15H15ClN2O4. The standard InChI is InChI=1S/C15H15ClN2O4/c1-9-11(15(16)22-18-9)6-7-13(19)17-12-5-3-2-4-10(12)8-14(20)21/h2-5H,6-8H2,1H3,(H,17,19)(H,20,21). The number of aromatic nitrogens is 1. The van der Waals surface area contributed by atoms with E-state index < -0.39 is 5.97 Å². The fourth-order valence-corrected chi connectivity index (χ4v) is 2.32. The molecule has 22 heavy (non-hydrogen) atoms. The third kappa shape index (κ3) is 4.08. The Kier molecular flexibility index (Phi) is 5.16. The van der Waals surface area contributed by atoms with Crippen molar-refractivity contribution >= 4 is 29.2 Å². The smallest absolute Gasteiger partial charge is 0.307 e. The zero-order chi connectivity index (χ0) is 16.1. The monoisotopic (exact) mass is 322 g/mol. The van der Waals surface area contributed by atoms with Gasteiger partial charge in [0, 0.05) is 17.7 Å². The van der Waals surface area contributed by atoms with Crippen molar-refractivity contribution in [1.29, 1.82) is 0 Å². The Bertz CT molecular complexity index is 677. The van der Waals surface area contributed by atoms with Gasteiger partial charge in [-0.1, -0.05) is 23.4 Å². The van der Waals surface area contributed by atoms with Gasteiger partial charge in [0.2, 0.25) is 11.1 Å². The van der Waals surface area contributed by atoms with E-state index in [9.17, 15) is 9.59 Å². The van der Waals surface area contributed by atoms with Crippen LogP contribution in [-0.2, 0) is 22.4 Å². The van der Waals surface area contributed by atoms with Crippen LogP contribution in [-0.4, -0.2) is 22.1 Å². The van der Waals surface area contributed by atoms with Gasteiger partial charge < -0.3 is 14.9 Å². The predicted octanol–water partition coefficient (Wildman–Crippen LogP) is 2.83. The maximum absolute atomic E-state index is 12.0. The van der Waals surface area contributed by atoms with Gasteiger partial charge in [-0.25, -0.2) is 0 Å². The number of carboxylic acids is 1. The van der Waals surface area contributed by atoms with Gasteiger partial charge >= 0.3 is 5.97 Å². The number of nitrogens with zero attached hydrogens (tertiary/aromatic N) is 1. The van der Waals surface area contributed by atoms with Crippen LogP contribution in [0.15, 0.2) is 28.8 Å². The minimum Gasteiger partial charge on any atom is -0.481 e. The zero-order valence-electron chi connectivity index (χ0n) is 11.9. The fourth-order valence-electron chi connectivity index (χ4n) is 2.05. The summed E-state index contributed by atoms with van der Waals surface area (Å²) in [6, 6.07) is 6.81. The largest absolute Gasteiger partial charge is 0.481 e. The van der Waals surface area contributed by atoms with Crippen molar-refractivity contribution in [2.24, 2.45) is 0 Å². The lowest BCUT2D eigenvalue weighted by Crippen LogP contribution is -2.15. The lowest BCUT2D eigenvalue weighted by molar-refractivity contribution is -0.136. The first-order chi connectivity index (χ1) is 10.5. The maximum Gasteiger partial charge on any atom is 0.307 e. The van der Waals surface area contributed by atoms with Crippen molar-refractivity contribution in [3.05, 3.63) is 46.3 Å². The molecule has 0 saturated carbocycles. The van der Waals surface area contributed by atoms with Gasteiger partial charge in [-0.3, -0.25) is 9.59 Å². The summed E-state index contributed by atoms with van der Waals surface area (Å²) in [5.74, 6) is -1.18. The molecule has 0 radical (unpaired) electrons. The summed E-state index contributed by atoms with van der Waals surface area (Å²) in [6.45, 7) is 1.75. The van der Waals surface area contributed by atoms with E-state index in [4.69, 9.17) is 21.2 Å². The van der Waals surface area contributed by atoms with E-state index in [2.05, 4.69) is 10.5 Å². The molecule has 1 amide bonds. The molecule has 116 valence electrons. The van der Waals surface area contributed by atoms with Crippen molar-refractivity contribution in [1.82, 2.24) is 5.16 Å². The number of aryl methyl sites for hydroxylation is 1. The SMILES string of the molecule is Cc1noc(Cl)c1CCC(=O)Nc1ccccc1CC(=O)O. The third-order valence-corrected chi connectivity index (χ3v) is 3.47. The van der Waals surface area contributed by atoms with Crippen LogP contribution in [0, 0.1) is 6.92 Å². The van der Waals surface area contributed by atoms with Gasteiger partial charge in [0.05, 0.1) is 12.1 Å². The summed E-state index contributed by atoms with van der Waals surface area (Å²) < 4.78 is 4.83. The van der Waals surface area contributed by atoms with Crippen LogP contribution in [0.4, 0.5) is 5.69 Å². The van der Waals surface area contributed by atoms with Crippen molar-refractivity contribution in [2.45, 2.75) is 26.2 Å². The van der Waals surface area contributed by atoms with Gasteiger partial charge in [0.15, 0.2) is 0 Å². The van der Waals surface area contributed by atoms with Crippen LogP contribution in [0.2, 0.25) is 5.22 Å². The Balaban J connectivity index is 1.99. The topological polar surface area (TPSA) is 92.4 Å². The molecule has 6 nitrogen and oxygen atoms in total. The number of anilines is 1. The van der Waals surface area contributed by atoms with Gasteiger partial charge in [-0.15, -0.1) is 0 Å². The molecule has 0 spiro atoms. The number of hydrogen-bond acceptors (Lipinski definition) is 4. The Morgan fingerprint density at radius 1 is 1.36 bits per heavy atom. The second kappa shape index (κ2) is 7.09. The summed E-state index contributed by atoms with van der Waals surface area (Å²) in [4.78, 5) is 22.8. The number of benzene rings is 1. The number of hydrogen-bond donors (Lipinski definition) is 2. The second-order valence-corrected chi connectivity index (χ2v) is 5.14. The molecule has 7 heteroatoms. The van der Waals surface area contributed by atoms with E-state index in [1.165, 1.54) is 0 Å². The Labute approximate surface area is 132 Å². The highest BCUT2D eigenvalue weighted by molar-refractivity contribution is 6.29. The summed E-state index contributed by atoms with van der Waals surface area (Å²) in [6.07, 6.45) is 0.456. The van der Waals surface area contributed by atoms with Crippen molar-refractivity contribution in [2.75, 3.05) is 5.32 Å². The number of rotatable bonds is 6. The molecule has 1 aromatic heterocycles. The Morgan fingerprint density at radius 3 is 2.73 bits per heavy atom. The molecular weight excluding hydrogens is 308 g/mol. The van der Waals surface area contributed by atoms with E-state index in [0.29, 0.717) is 28.9 Å². The van der Waals surface area contributed by atoms with Crippen LogP contribution >= 0.6 is 11.6 Å². The van der Waals surface area contributed by atoms with E-state index in [-0.39, 0.29) is 24.0 Å². The van der Waals surface area contributed by atoms with Crippen LogP contribution in [0.5, 0.6) is 0 Å². The normalized spacial score (nSPS) is 10.5. The average Bonchev–Trinajstić information content (AvgIpc) is 2.77. The van der Waals surface area contributed by atoms with Gasteiger partial charge in [-0.2, -0.15) is 0 Å². The van der Waals surface area contributed by atoms with E-state index in [1.54, 1.807) is 31.2 Å². The van der Waals surface area contributed by atoms with E-state index in [1.807, 2.05) is 0 Å². The molecule has 0 aliphatic heterocycles. The zero-order valence-corrected chi connectivity index (χ0v) is 12.7. The first kappa shape index (κ1) is 16.0. The average molecular weight is 323 g/mol. The number of halogens is 1. The molecule has 1 aromatic carbocycles. The molecule has 0 bridgehead atoms. The Morgan fingerprint density at radius 2 is 2.09 bits per heavy atom. The predicted molar refractivity (Wildman–Crippen MR) is 81.0 cm³/mol. The summed E-state index contributed by atoms with van der Waals surface area (Å²) in [5, 5.41) is 15.5. The lowest BCUT2D eigenvalue weighted by Gasteiger charge is -2.09. The first-order valence-corrected chi connectivity index (χ1v) is 7.05. The molecule has 2 N–H and O–H groups in total. The number of carbonyl (C=O) groups excluding carboxylic acids is 1. The molecule has 0 fully saturated rings. The number of aliphatic carboxylic acids is 1. The minimum absolute atomic E-state index is 0.146. The van der Waals surface area contributed by atoms with Crippen molar-refractivity contribution in [3.63, 3.8) is 0 Å². The van der Waals surface area contributed by atoms with Crippen LogP contribution < -0.4 is 5.32 Å². The molecule has 0 saturated heterocycles. The molecule has 0 unspecified atom stereocenters. The molecule has 0 aliphatic carbocycles. The number of nitrogens with one attached hydrogen (secondary N) is 1. The number of carbonyl (C=O) groups is 2. The molecule has 2 aromatic rings. The van der Waals surface area contributed by atoms with Gasteiger partial charge in [-0.05, 0) is 36.6 Å². The number of carboxylic acid groups (broad SMARTS) is 1. The van der Waals surface area contributed by atoms with Crippen LogP contribution in [0.25, 0.3) is 0 Å². The third-order valence-electron chi connectivity index (χ3n) is 3.17. The molecule has 2 rings (SSSR count). The number of amides is 1. The summed E-state index contributed by atoms with van der Waals surface area (Å²) in [5.41, 5.74) is 2.42. The highest BCUT2D eigenvalue weighted by atomic mass is 35.5. The van der Waals surface area contributed by atoms with Gasteiger partial charge in [0.1, 0.15) is 0 Å². The lowest BCUT2D eigenvalue weighted by atomic mass is 10.1. The summed E-state index contributed by atoms with van der Waals surface area (Å²) in [7, 11) is 0.